The van der Waals surface area contributed by atoms with Gasteiger partial charge in [0.1, 0.15) is 6.04 Å². The first kappa shape index (κ1) is 8.21. The molecule has 0 aliphatic heterocycles. The summed E-state index contributed by atoms with van der Waals surface area (Å²) >= 11 is 0. The first-order valence-corrected chi connectivity index (χ1v) is 4.47. The van der Waals surface area contributed by atoms with Crippen LogP contribution >= 0.6 is 0 Å². The minimum Gasteiger partial charge on any atom is -0.294 e. The Hall–Kier alpha value is -1.40. The van der Waals surface area contributed by atoms with Gasteiger partial charge in [-0.3, -0.25) is 10.3 Å². The fourth-order valence-corrected chi connectivity index (χ4v) is 1.22. The lowest BCUT2D eigenvalue weighted by Crippen LogP contribution is -2.22. The largest absolute Gasteiger partial charge is 0.294 e. The van der Waals surface area contributed by atoms with Crippen molar-refractivity contribution in [3.05, 3.63) is 30.1 Å². The average molecular weight is 173 g/mol. The van der Waals surface area contributed by atoms with Crippen LogP contribution in [0.4, 0.5) is 0 Å². The third-order valence-electron chi connectivity index (χ3n) is 2.09. The van der Waals surface area contributed by atoms with Gasteiger partial charge in [-0.15, -0.1) is 0 Å². The SMILES string of the molecule is N#CC(NC1CC1)c1ccccn1. The molecule has 1 aromatic heterocycles. The lowest BCUT2D eigenvalue weighted by molar-refractivity contribution is 0.612. The molecular weight excluding hydrogens is 162 g/mol. The molecule has 1 N–H and O–H groups in total. The van der Waals surface area contributed by atoms with Gasteiger partial charge in [0, 0.05) is 12.2 Å². The zero-order valence-electron chi connectivity index (χ0n) is 7.27. The van der Waals surface area contributed by atoms with Crippen molar-refractivity contribution in [1.82, 2.24) is 10.3 Å². The van der Waals surface area contributed by atoms with E-state index < -0.39 is 0 Å². The van der Waals surface area contributed by atoms with Crippen LogP contribution in [0.25, 0.3) is 0 Å². The minimum atomic E-state index is -0.242. The summed E-state index contributed by atoms with van der Waals surface area (Å²) in [6, 6.07) is 8.15. The summed E-state index contributed by atoms with van der Waals surface area (Å²) < 4.78 is 0. The maximum atomic E-state index is 8.90. The summed E-state index contributed by atoms with van der Waals surface area (Å²) in [7, 11) is 0. The van der Waals surface area contributed by atoms with Crippen LogP contribution in [-0.4, -0.2) is 11.0 Å². The fourth-order valence-electron chi connectivity index (χ4n) is 1.22. The molecule has 1 fully saturated rings. The summed E-state index contributed by atoms with van der Waals surface area (Å²) in [5.41, 5.74) is 0.817. The van der Waals surface area contributed by atoms with Crippen molar-refractivity contribution in [2.24, 2.45) is 0 Å². The molecule has 1 aliphatic carbocycles. The van der Waals surface area contributed by atoms with Crippen LogP contribution < -0.4 is 5.32 Å². The molecule has 2 rings (SSSR count). The van der Waals surface area contributed by atoms with Crippen LogP contribution in [0.1, 0.15) is 24.6 Å². The average Bonchev–Trinajstić information content (AvgIpc) is 2.99. The van der Waals surface area contributed by atoms with E-state index in [1.54, 1.807) is 6.20 Å². The second kappa shape index (κ2) is 3.55. The number of rotatable bonds is 3. The molecule has 0 bridgehead atoms. The van der Waals surface area contributed by atoms with E-state index in [-0.39, 0.29) is 6.04 Å². The van der Waals surface area contributed by atoms with E-state index in [1.807, 2.05) is 18.2 Å². The van der Waals surface area contributed by atoms with Crippen LogP contribution in [0.15, 0.2) is 24.4 Å². The summed E-state index contributed by atoms with van der Waals surface area (Å²) in [6.45, 7) is 0. The van der Waals surface area contributed by atoms with Gasteiger partial charge in [0.2, 0.25) is 0 Å². The van der Waals surface area contributed by atoms with Gasteiger partial charge in [-0.2, -0.15) is 5.26 Å². The topological polar surface area (TPSA) is 48.7 Å². The van der Waals surface area contributed by atoms with Crippen LogP contribution in [0.3, 0.4) is 0 Å². The molecule has 3 heteroatoms. The Labute approximate surface area is 77.4 Å². The predicted molar refractivity (Wildman–Crippen MR) is 48.7 cm³/mol. The molecule has 66 valence electrons. The summed E-state index contributed by atoms with van der Waals surface area (Å²) in [4.78, 5) is 4.15. The molecule has 0 saturated heterocycles. The maximum absolute atomic E-state index is 8.90. The molecule has 1 aromatic rings. The Morgan fingerprint density at radius 2 is 2.38 bits per heavy atom. The van der Waals surface area contributed by atoms with Gasteiger partial charge in [0.05, 0.1) is 11.8 Å². The van der Waals surface area contributed by atoms with E-state index in [1.165, 1.54) is 12.8 Å². The lowest BCUT2D eigenvalue weighted by atomic mass is 10.2. The van der Waals surface area contributed by atoms with Crippen LogP contribution in [0.5, 0.6) is 0 Å². The van der Waals surface area contributed by atoms with Gasteiger partial charge in [0.25, 0.3) is 0 Å². The highest BCUT2D eigenvalue weighted by molar-refractivity contribution is 5.16. The first-order valence-electron chi connectivity index (χ1n) is 4.47. The van der Waals surface area contributed by atoms with E-state index in [9.17, 15) is 0 Å². The molecule has 0 spiro atoms. The van der Waals surface area contributed by atoms with Gasteiger partial charge in [-0.1, -0.05) is 6.07 Å². The molecule has 0 radical (unpaired) electrons. The normalized spacial score (nSPS) is 17.8. The Kier molecular flexibility index (Phi) is 2.24. The zero-order valence-corrected chi connectivity index (χ0v) is 7.27. The standard InChI is InChI=1S/C10H11N3/c11-7-10(13-8-4-5-8)9-3-1-2-6-12-9/h1-3,6,8,10,13H,4-5H2. The number of hydrogen-bond acceptors (Lipinski definition) is 3. The predicted octanol–water partition coefficient (Wildman–Crippen LogP) is 1.40. The zero-order chi connectivity index (χ0) is 9.10. The maximum Gasteiger partial charge on any atom is 0.138 e. The van der Waals surface area contributed by atoms with E-state index in [0.29, 0.717) is 6.04 Å². The summed E-state index contributed by atoms with van der Waals surface area (Å²) in [6.07, 6.45) is 4.09. The van der Waals surface area contributed by atoms with Crippen molar-refractivity contribution in [2.45, 2.75) is 24.9 Å². The molecule has 13 heavy (non-hydrogen) atoms. The lowest BCUT2D eigenvalue weighted by Gasteiger charge is -2.08. The van der Waals surface area contributed by atoms with E-state index in [2.05, 4.69) is 16.4 Å². The highest BCUT2D eigenvalue weighted by Gasteiger charge is 2.25. The number of nitrogens with one attached hydrogen (secondary N) is 1. The van der Waals surface area contributed by atoms with E-state index in [0.717, 1.165) is 5.69 Å². The Balaban J connectivity index is 2.08. The van der Waals surface area contributed by atoms with Crippen LogP contribution in [0.2, 0.25) is 0 Å². The fraction of sp³-hybridized carbons (Fsp3) is 0.400. The molecule has 1 atom stereocenters. The Bertz CT molecular complexity index is 311. The van der Waals surface area contributed by atoms with Crippen LogP contribution in [-0.2, 0) is 0 Å². The minimum absolute atomic E-state index is 0.242. The van der Waals surface area contributed by atoms with Gasteiger partial charge in [-0.25, -0.2) is 0 Å². The van der Waals surface area contributed by atoms with Crippen molar-refractivity contribution in [1.29, 1.82) is 5.26 Å². The van der Waals surface area contributed by atoms with Crippen LogP contribution in [0, 0.1) is 11.3 Å². The highest BCUT2D eigenvalue weighted by atomic mass is 15.0. The van der Waals surface area contributed by atoms with Gasteiger partial charge < -0.3 is 0 Å². The van der Waals surface area contributed by atoms with E-state index in [4.69, 9.17) is 5.26 Å². The molecule has 0 aromatic carbocycles. The molecule has 3 nitrogen and oxygen atoms in total. The van der Waals surface area contributed by atoms with Crippen molar-refractivity contribution >= 4 is 0 Å². The second-order valence-electron chi connectivity index (χ2n) is 3.26. The third-order valence-corrected chi connectivity index (χ3v) is 2.09. The quantitative estimate of drug-likeness (QED) is 0.751. The van der Waals surface area contributed by atoms with Gasteiger partial charge >= 0.3 is 0 Å². The molecule has 1 unspecified atom stereocenters. The number of aromatic nitrogens is 1. The second-order valence-corrected chi connectivity index (χ2v) is 3.26. The van der Waals surface area contributed by atoms with Crippen molar-refractivity contribution in [3.63, 3.8) is 0 Å². The number of nitriles is 1. The number of pyridine rings is 1. The number of hydrogen-bond donors (Lipinski definition) is 1. The molecule has 1 saturated carbocycles. The molecule has 0 amide bonds. The van der Waals surface area contributed by atoms with Crippen molar-refractivity contribution in [2.75, 3.05) is 0 Å². The Morgan fingerprint density at radius 3 is 2.92 bits per heavy atom. The summed E-state index contributed by atoms with van der Waals surface area (Å²) in [5.74, 6) is 0. The summed E-state index contributed by atoms with van der Waals surface area (Å²) in [5, 5.41) is 12.1. The molecule has 1 heterocycles. The Morgan fingerprint density at radius 1 is 1.54 bits per heavy atom. The van der Waals surface area contributed by atoms with Crippen molar-refractivity contribution in [3.8, 4) is 6.07 Å². The van der Waals surface area contributed by atoms with Gasteiger partial charge in [0.15, 0.2) is 0 Å². The first-order chi connectivity index (χ1) is 6.40. The third kappa shape index (κ3) is 2.04. The monoisotopic (exact) mass is 173 g/mol. The number of nitrogens with zero attached hydrogens (tertiary/aromatic N) is 2. The smallest absolute Gasteiger partial charge is 0.138 e. The van der Waals surface area contributed by atoms with E-state index >= 15 is 0 Å². The molecular formula is C10H11N3. The van der Waals surface area contributed by atoms with Gasteiger partial charge in [-0.05, 0) is 25.0 Å². The molecule has 1 aliphatic rings. The van der Waals surface area contributed by atoms with Crippen molar-refractivity contribution < 1.29 is 0 Å². The highest BCUT2D eigenvalue weighted by Crippen LogP contribution is 2.22.